The normalized spacial score (nSPS) is 26.1. The van der Waals surface area contributed by atoms with E-state index in [0.717, 1.165) is 0 Å². The van der Waals surface area contributed by atoms with Gasteiger partial charge in [0.05, 0.1) is 12.9 Å². The first-order chi connectivity index (χ1) is 11.7. The van der Waals surface area contributed by atoms with Crippen LogP contribution in [0.1, 0.15) is 6.23 Å². The number of rotatable bonds is 5. The topological polar surface area (TPSA) is 207 Å². The monoisotopic (exact) mass is 412 g/mol. The largest absolute Gasteiger partial charge is 0.469 e. The van der Waals surface area contributed by atoms with E-state index in [-0.39, 0.29) is 17.1 Å². The number of imidazole rings is 1. The fourth-order valence-electron chi connectivity index (χ4n) is 2.52. The molecule has 1 aliphatic heterocycles. The standard InChI is InChI=1S/C11H15ClN5O7P.H3N/c1-13-8-5-9(16-11(12)15-8)17(3-14-5)10-7(19)6(18)4(24-10)2-23-25(20,21)22;/h3-4,6-7,10,18-19H,2H2,1H3,(H,13,15,16)(H2,20,21,22);1H3/t4-,6-,7-,10-;/m1./s1. The average Bonchev–Trinajstić information content (AvgIpc) is 3.06. The number of phosphoric acid groups is 1. The highest BCUT2D eigenvalue weighted by Crippen LogP contribution is 2.39. The Hall–Kier alpha value is -1.41. The second-order valence-corrected chi connectivity index (χ2v) is 6.83. The first-order valence-electron chi connectivity index (χ1n) is 7.01. The molecule has 3 rings (SSSR count). The molecule has 15 heteroatoms. The van der Waals surface area contributed by atoms with Crippen molar-refractivity contribution in [2.75, 3.05) is 19.0 Å². The van der Waals surface area contributed by atoms with Gasteiger partial charge in [-0.25, -0.2) is 9.55 Å². The smallest absolute Gasteiger partial charge is 0.387 e. The van der Waals surface area contributed by atoms with Gasteiger partial charge in [-0.15, -0.1) is 0 Å². The summed E-state index contributed by atoms with van der Waals surface area (Å²) in [4.78, 5) is 29.6. The number of aliphatic hydroxyl groups is 2. The van der Waals surface area contributed by atoms with Gasteiger partial charge in [-0.05, 0) is 11.6 Å². The molecule has 26 heavy (non-hydrogen) atoms. The lowest BCUT2D eigenvalue weighted by molar-refractivity contribution is -0.0504. The van der Waals surface area contributed by atoms with Gasteiger partial charge in [0.15, 0.2) is 23.2 Å². The molecular weight excluding hydrogens is 395 g/mol. The average molecular weight is 413 g/mol. The predicted molar refractivity (Wildman–Crippen MR) is 88.8 cm³/mol. The minimum atomic E-state index is -4.74. The lowest BCUT2D eigenvalue weighted by Crippen LogP contribution is -2.33. The number of halogens is 1. The predicted octanol–water partition coefficient (Wildman–Crippen LogP) is -0.588. The second kappa shape index (κ2) is 7.68. The molecule has 1 aliphatic rings. The Labute approximate surface area is 151 Å². The van der Waals surface area contributed by atoms with Crippen molar-refractivity contribution in [1.29, 1.82) is 0 Å². The van der Waals surface area contributed by atoms with Crippen LogP contribution in [0.5, 0.6) is 0 Å². The Balaban J connectivity index is 0.00000243. The molecule has 0 bridgehead atoms. The van der Waals surface area contributed by atoms with Crippen LogP contribution in [-0.4, -0.2) is 71.5 Å². The van der Waals surface area contributed by atoms with E-state index in [0.29, 0.717) is 11.3 Å². The molecule has 8 N–H and O–H groups in total. The molecule has 2 aromatic rings. The molecule has 0 radical (unpaired) electrons. The molecular formula is C11H18ClN6O7P. The Morgan fingerprint density at radius 3 is 2.69 bits per heavy atom. The molecule has 0 unspecified atom stereocenters. The van der Waals surface area contributed by atoms with Crippen molar-refractivity contribution < 1.29 is 33.8 Å². The summed E-state index contributed by atoms with van der Waals surface area (Å²) in [6, 6.07) is 0. The molecule has 0 spiro atoms. The minimum absolute atomic E-state index is 0. The van der Waals surface area contributed by atoms with Crippen LogP contribution in [0, 0.1) is 0 Å². The van der Waals surface area contributed by atoms with E-state index in [1.165, 1.54) is 10.9 Å². The van der Waals surface area contributed by atoms with Crippen molar-refractivity contribution in [3.63, 3.8) is 0 Å². The van der Waals surface area contributed by atoms with Crippen LogP contribution in [0.3, 0.4) is 0 Å². The first kappa shape index (κ1) is 20.9. The third-order valence-corrected chi connectivity index (χ3v) is 4.30. The number of aromatic nitrogens is 4. The van der Waals surface area contributed by atoms with Gasteiger partial charge in [-0.1, -0.05) is 0 Å². The Morgan fingerprint density at radius 2 is 2.08 bits per heavy atom. The Morgan fingerprint density at radius 1 is 1.38 bits per heavy atom. The quantitative estimate of drug-likeness (QED) is 0.269. The highest BCUT2D eigenvalue weighted by atomic mass is 35.5. The van der Waals surface area contributed by atoms with Crippen molar-refractivity contribution in [3.05, 3.63) is 11.6 Å². The summed E-state index contributed by atoms with van der Waals surface area (Å²) in [6.07, 6.45) is -3.79. The van der Waals surface area contributed by atoms with Crippen molar-refractivity contribution in [1.82, 2.24) is 25.7 Å². The number of hydrogen-bond acceptors (Lipinski definition) is 10. The highest BCUT2D eigenvalue weighted by molar-refractivity contribution is 7.46. The van der Waals surface area contributed by atoms with E-state index >= 15 is 0 Å². The van der Waals surface area contributed by atoms with Gasteiger partial charge in [-0.2, -0.15) is 9.97 Å². The summed E-state index contributed by atoms with van der Waals surface area (Å²) in [5, 5.41) is 23.0. The number of aliphatic hydroxyl groups excluding tert-OH is 2. The van der Waals surface area contributed by atoms with Crippen LogP contribution < -0.4 is 11.5 Å². The van der Waals surface area contributed by atoms with Gasteiger partial charge in [0, 0.05) is 7.05 Å². The summed E-state index contributed by atoms with van der Waals surface area (Å²) in [6.45, 7) is -0.608. The molecule has 1 fully saturated rings. The van der Waals surface area contributed by atoms with Crippen molar-refractivity contribution in [3.8, 4) is 0 Å². The molecule has 1 saturated heterocycles. The summed E-state index contributed by atoms with van der Waals surface area (Å²) >= 11 is 5.87. The fraction of sp³-hybridized carbons (Fsp3) is 0.545. The number of phosphoric ester groups is 1. The van der Waals surface area contributed by atoms with E-state index in [2.05, 4.69) is 24.8 Å². The molecule has 13 nitrogen and oxygen atoms in total. The summed E-state index contributed by atoms with van der Waals surface area (Å²) < 4.78 is 21.9. The first-order valence-corrected chi connectivity index (χ1v) is 8.91. The zero-order valence-electron chi connectivity index (χ0n) is 13.4. The third-order valence-electron chi connectivity index (χ3n) is 3.65. The van der Waals surface area contributed by atoms with Crippen LogP contribution >= 0.6 is 19.4 Å². The second-order valence-electron chi connectivity index (χ2n) is 5.25. The van der Waals surface area contributed by atoms with Crippen molar-refractivity contribution in [2.24, 2.45) is 0 Å². The van der Waals surface area contributed by atoms with Gasteiger partial charge < -0.3 is 36.2 Å². The minimum Gasteiger partial charge on any atom is -0.387 e. The summed E-state index contributed by atoms with van der Waals surface area (Å²) in [5.74, 6) is 0.364. The summed E-state index contributed by atoms with van der Waals surface area (Å²) in [7, 11) is -3.12. The molecule has 2 aromatic heterocycles. The molecule has 0 aliphatic carbocycles. The zero-order valence-corrected chi connectivity index (χ0v) is 15.1. The Bertz CT molecular complexity index is 831. The molecule has 3 heterocycles. The molecule has 0 amide bonds. The maximum Gasteiger partial charge on any atom is 0.469 e. The van der Waals surface area contributed by atoms with E-state index in [1.54, 1.807) is 7.05 Å². The number of nitrogens with one attached hydrogen (secondary N) is 1. The molecule has 0 saturated carbocycles. The maximum atomic E-state index is 10.8. The van der Waals surface area contributed by atoms with Gasteiger partial charge in [0.25, 0.3) is 0 Å². The number of hydrogen-bond donors (Lipinski definition) is 6. The van der Waals surface area contributed by atoms with Gasteiger partial charge >= 0.3 is 7.82 Å². The molecule has 146 valence electrons. The Kier molecular flexibility index (Phi) is 6.17. The lowest BCUT2D eigenvalue weighted by Gasteiger charge is -2.16. The summed E-state index contributed by atoms with van der Waals surface area (Å²) in [5.41, 5.74) is 0.615. The number of ether oxygens (including phenoxy) is 1. The molecule has 0 aromatic carbocycles. The number of nitrogens with zero attached hydrogens (tertiary/aromatic N) is 4. The van der Waals surface area contributed by atoms with Crippen LogP contribution in [0.2, 0.25) is 5.28 Å². The van der Waals surface area contributed by atoms with Gasteiger partial charge in [-0.3, -0.25) is 9.09 Å². The highest BCUT2D eigenvalue weighted by Gasteiger charge is 2.45. The van der Waals surface area contributed by atoms with Gasteiger partial charge in [0.2, 0.25) is 5.28 Å². The lowest BCUT2D eigenvalue weighted by atomic mass is 10.1. The SMILES string of the molecule is CNc1nc(Cl)nc2c1ncn2[C@@H]1O[C@H](COP(=O)(O)O)[C@@H](O)[C@H]1O.N. The van der Waals surface area contributed by atoms with Gasteiger partial charge in [0.1, 0.15) is 18.3 Å². The van der Waals surface area contributed by atoms with Crippen LogP contribution in [0.15, 0.2) is 6.33 Å². The van der Waals surface area contributed by atoms with E-state index in [1.807, 2.05) is 0 Å². The van der Waals surface area contributed by atoms with Crippen molar-refractivity contribution in [2.45, 2.75) is 24.5 Å². The molecule has 4 atom stereocenters. The number of anilines is 1. The van der Waals surface area contributed by atoms with E-state index in [9.17, 15) is 14.8 Å². The zero-order chi connectivity index (χ0) is 18.4. The fourth-order valence-corrected chi connectivity index (χ4v) is 3.02. The van der Waals surface area contributed by atoms with Crippen LogP contribution in [0.4, 0.5) is 5.82 Å². The number of fused-ring (bicyclic) bond motifs is 1. The third kappa shape index (κ3) is 3.96. The van der Waals surface area contributed by atoms with E-state index < -0.39 is 39.0 Å². The van der Waals surface area contributed by atoms with Crippen LogP contribution in [-0.2, 0) is 13.8 Å². The van der Waals surface area contributed by atoms with Crippen molar-refractivity contribution >= 4 is 36.4 Å². The maximum absolute atomic E-state index is 10.8. The van der Waals surface area contributed by atoms with Crippen LogP contribution in [0.25, 0.3) is 11.2 Å². The van der Waals surface area contributed by atoms with E-state index in [4.69, 9.17) is 26.1 Å².